The molecule has 0 aliphatic heterocycles. The second kappa shape index (κ2) is 9.00. The lowest BCUT2D eigenvalue weighted by molar-refractivity contribution is -0.384. The number of nitrogens with zero attached hydrogens (tertiary/aromatic N) is 3. The summed E-state index contributed by atoms with van der Waals surface area (Å²) < 4.78 is 0.733. The Labute approximate surface area is 135 Å². The molecule has 0 heterocycles. The molecule has 0 amide bonds. The molecule has 0 aliphatic rings. The van der Waals surface area contributed by atoms with E-state index in [0.717, 1.165) is 43.6 Å². The molecule has 6 heteroatoms. The lowest BCUT2D eigenvalue weighted by Crippen LogP contribution is -2.30. The van der Waals surface area contributed by atoms with Gasteiger partial charge in [0.2, 0.25) is 0 Å². The Kier molecular flexibility index (Phi) is 7.67. The summed E-state index contributed by atoms with van der Waals surface area (Å²) in [5, 5.41) is 11.2. The smallest absolute Gasteiger partial charge is 0.293 e. The van der Waals surface area contributed by atoms with Crippen molar-refractivity contribution in [2.75, 3.05) is 37.6 Å². The summed E-state index contributed by atoms with van der Waals surface area (Å²) in [6, 6.07) is 5.25. The molecule has 0 radical (unpaired) electrons. The topological polar surface area (TPSA) is 49.6 Å². The van der Waals surface area contributed by atoms with Crippen molar-refractivity contribution in [2.45, 2.75) is 27.2 Å². The van der Waals surface area contributed by atoms with E-state index >= 15 is 0 Å². The zero-order valence-electron chi connectivity index (χ0n) is 13.0. The predicted molar refractivity (Wildman–Crippen MR) is 91.1 cm³/mol. The van der Waals surface area contributed by atoms with Crippen LogP contribution in [0.2, 0.25) is 0 Å². The first-order valence-corrected chi connectivity index (χ1v) is 8.23. The molecule has 0 unspecified atom stereocenters. The van der Waals surface area contributed by atoms with E-state index in [9.17, 15) is 10.1 Å². The maximum Gasteiger partial charge on any atom is 0.293 e. The molecule has 1 aromatic carbocycles. The van der Waals surface area contributed by atoms with Crippen LogP contribution < -0.4 is 4.90 Å². The number of halogens is 1. The number of hydrogen-bond acceptors (Lipinski definition) is 4. The van der Waals surface area contributed by atoms with Crippen LogP contribution in [0.1, 0.15) is 27.2 Å². The van der Waals surface area contributed by atoms with Gasteiger partial charge in [-0.15, -0.1) is 0 Å². The molecule has 1 rings (SSSR count). The molecule has 118 valence electrons. The van der Waals surface area contributed by atoms with Gasteiger partial charge >= 0.3 is 0 Å². The summed E-state index contributed by atoms with van der Waals surface area (Å²) in [7, 11) is 0. The first kappa shape index (κ1) is 17.9. The lowest BCUT2D eigenvalue weighted by atomic mass is 10.2. The molecule has 0 aliphatic carbocycles. The minimum Gasteiger partial charge on any atom is -0.366 e. The van der Waals surface area contributed by atoms with E-state index in [1.807, 2.05) is 19.1 Å². The van der Waals surface area contributed by atoms with Gasteiger partial charge in [0.25, 0.3) is 5.69 Å². The van der Waals surface area contributed by atoms with Gasteiger partial charge in [0.05, 0.1) is 4.92 Å². The number of anilines is 1. The Bertz CT molecular complexity index is 464. The van der Waals surface area contributed by atoms with Crippen LogP contribution >= 0.6 is 15.9 Å². The minimum absolute atomic E-state index is 0.161. The Morgan fingerprint density at radius 3 is 2.33 bits per heavy atom. The van der Waals surface area contributed by atoms with Crippen LogP contribution in [0.25, 0.3) is 0 Å². The number of rotatable bonds is 9. The van der Waals surface area contributed by atoms with Crippen molar-refractivity contribution < 1.29 is 4.92 Å². The highest BCUT2D eigenvalue weighted by Crippen LogP contribution is 2.31. The molecular formula is C15H24BrN3O2. The predicted octanol–water partition coefficient (Wildman–Crippen LogP) is 3.92. The number of nitro groups is 1. The second-order valence-electron chi connectivity index (χ2n) is 4.85. The summed E-state index contributed by atoms with van der Waals surface area (Å²) in [6.07, 6.45) is 1.00. The second-order valence-corrected chi connectivity index (χ2v) is 5.77. The third kappa shape index (κ3) is 5.28. The van der Waals surface area contributed by atoms with Crippen molar-refractivity contribution in [3.63, 3.8) is 0 Å². The summed E-state index contributed by atoms with van der Waals surface area (Å²) in [4.78, 5) is 15.3. The monoisotopic (exact) mass is 357 g/mol. The van der Waals surface area contributed by atoms with E-state index in [4.69, 9.17) is 0 Å². The van der Waals surface area contributed by atoms with Gasteiger partial charge in [-0.1, -0.05) is 29.8 Å². The normalized spacial score (nSPS) is 10.9. The quantitative estimate of drug-likeness (QED) is 0.496. The highest BCUT2D eigenvalue weighted by atomic mass is 79.9. The molecule has 0 saturated heterocycles. The molecule has 0 aromatic heterocycles. The molecule has 0 saturated carbocycles. The summed E-state index contributed by atoms with van der Waals surface area (Å²) in [6.45, 7) is 11.0. The fraction of sp³-hybridized carbons (Fsp3) is 0.600. The third-order valence-electron chi connectivity index (χ3n) is 3.65. The van der Waals surface area contributed by atoms with Crippen molar-refractivity contribution in [1.82, 2.24) is 4.90 Å². The van der Waals surface area contributed by atoms with Crippen molar-refractivity contribution in [3.8, 4) is 0 Å². The third-order valence-corrected chi connectivity index (χ3v) is 4.15. The van der Waals surface area contributed by atoms with Crippen LogP contribution in [-0.2, 0) is 0 Å². The molecule has 0 bridgehead atoms. The number of hydrogen-bond donors (Lipinski definition) is 0. The van der Waals surface area contributed by atoms with E-state index < -0.39 is 0 Å². The van der Waals surface area contributed by atoms with Crippen LogP contribution in [0.3, 0.4) is 0 Å². The Morgan fingerprint density at radius 2 is 1.81 bits per heavy atom. The largest absolute Gasteiger partial charge is 0.366 e. The molecular weight excluding hydrogens is 334 g/mol. The molecule has 0 N–H and O–H groups in total. The molecule has 5 nitrogen and oxygen atoms in total. The summed E-state index contributed by atoms with van der Waals surface area (Å²) >= 11 is 3.30. The summed E-state index contributed by atoms with van der Waals surface area (Å²) in [5.41, 5.74) is 0.860. The SMILES string of the molecule is CCN(CC)CCCN(CC)c1ccc(Br)cc1[N+](=O)[O-]. The molecule has 21 heavy (non-hydrogen) atoms. The van der Waals surface area contributed by atoms with E-state index in [-0.39, 0.29) is 10.6 Å². The van der Waals surface area contributed by atoms with Crippen LogP contribution in [-0.4, -0.2) is 42.5 Å². The standard InChI is InChI=1S/C15H24BrN3O2/c1-4-17(5-2)10-7-11-18(6-3)14-9-8-13(16)12-15(14)19(20)21/h8-9,12H,4-7,10-11H2,1-3H3. The molecule has 0 spiro atoms. The van der Waals surface area contributed by atoms with Gasteiger partial charge in [0.1, 0.15) is 5.69 Å². The van der Waals surface area contributed by atoms with Crippen LogP contribution in [0.5, 0.6) is 0 Å². The minimum atomic E-state index is -0.312. The number of nitro benzene ring substituents is 1. The van der Waals surface area contributed by atoms with Crippen LogP contribution in [0, 0.1) is 10.1 Å². The number of benzene rings is 1. The fourth-order valence-corrected chi connectivity index (χ4v) is 2.73. The molecule has 1 aromatic rings. The van der Waals surface area contributed by atoms with Crippen LogP contribution in [0.15, 0.2) is 22.7 Å². The van der Waals surface area contributed by atoms with Gasteiger partial charge in [-0.25, -0.2) is 0 Å². The van der Waals surface area contributed by atoms with E-state index in [1.54, 1.807) is 6.07 Å². The van der Waals surface area contributed by atoms with E-state index in [2.05, 4.69) is 39.6 Å². The zero-order chi connectivity index (χ0) is 15.8. The molecule has 0 atom stereocenters. The Morgan fingerprint density at radius 1 is 1.14 bits per heavy atom. The first-order valence-electron chi connectivity index (χ1n) is 7.44. The van der Waals surface area contributed by atoms with Gasteiger partial charge in [-0.2, -0.15) is 0 Å². The van der Waals surface area contributed by atoms with E-state index in [1.165, 1.54) is 0 Å². The Hall–Kier alpha value is -1.14. The van der Waals surface area contributed by atoms with Gasteiger partial charge in [0.15, 0.2) is 0 Å². The summed E-state index contributed by atoms with van der Waals surface area (Å²) in [5.74, 6) is 0. The van der Waals surface area contributed by atoms with Gasteiger partial charge in [-0.3, -0.25) is 10.1 Å². The maximum atomic E-state index is 11.2. The molecule has 0 fully saturated rings. The van der Waals surface area contributed by atoms with Gasteiger partial charge in [-0.05, 0) is 45.1 Å². The Balaban J connectivity index is 2.78. The highest BCUT2D eigenvalue weighted by Gasteiger charge is 2.18. The highest BCUT2D eigenvalue weighted by molar-refractivity contribution is 9.10. The fourth-order valence-electron chi connectivity index (χ4n) is 2.38. The van der Waals surface area contributed by atoms with Gasteiger partial charge in [0, 0.05) is 23.6 Å². The van der Waals surface area contributed by atoms with Crippen molar-refractivity contribution in [1.29, 1.82) is 0 Å². The zero-order valence-corrected chi connectivity index (χ0v) is 14.6. The first-order chi connectivity index (χ1) is 10.0. The van der Waals surface area contributed by atoms with Gasteiger partial charge < -0.3 is 9.80 Å². The van der Waals surface area contributed by atoms with Crippen LogP contribution in [0.4, 0.5) is 11.4 Å². The van der Waals surface area contributed by atoms with Crippen molar-refractivity contribution in [3.05, 3.63) is 32.8 Å². The maximum absolute atomic E-state index is 11.2. The van der Waals surface area contributed by atoms with Crippen molar-refractivity contribution in [2.24, 2.45) is 0 Å². The lowest BCUT2D eigenvalue weighted by Gasteiger charge is -2.25. The average molecular weight is 358 g/mol. The van der Waals surface area contributed by atoms with Crippen molar-refractivity contribution >= 4 is 27.3 Å². The average Bonchev–Trinajstić information content (AvgIpc) is 2.48. The van der Waals surface area contributed by atoms with E-state index in [0.29, 0.717) is 5.69 Å².